The molecule has 1 aliphatic carbocycles. The Bertz CT molecular complexity index is 699. The minimum atomic E-state index is -0.183. The molecule has 0 aliphatic heterocycles. The van der Waals surface area contributed by atoms with Crippen LogP contribution in [0.1, 0.15) is 34.5 Å². The van der Waals surface area contributed by atoms with Crippen LogP contribution in [0.4, 0.5) is 0 Å². The molecule has 3 rings (SSSR count). The second-order valence-electron chi connectivity index (χ2n) is 4.88. The summed E-state index contributed by atoms with van der Waals surface area (Å²) < 4.78 is 1.31. The fraction of sp³-hybridized carbons (Fsp3) is 0.267. The van der Waals surface area contributed by atoms with Crippen LogP contribution < -0.4 is 5.56 Å². The highest BCUT2D eigenvalue weighted by atomic mass is 16.1. The van der Waals surface area contributed by atoms with E-state index in [1.807, 2.05) is 31.2 Å². The largest absolute Gasteiger partial charge is 0.292 e. The van der Waals surface area contributed by atoms with E-state index in [9.17, 15) is 9.59 Å². The number of ketones is 1. The van der Waals surface area contributed by atoms with Crippen molar-refractivity contribution in [2.75, 3.05) is 0 Å². The number of rotatable bonds is 1. The van der Waals surface area contributed by atoms with E-state index in [0.29, 0.717) is 17.8 Å². The SMILES string of the molecule is Cc1ccc(-n2nc3c(cc2=O)CCCC3=O)cc1. The number of carbonyl (C=O) groups is 1. The van der Waals surface area contributed by atoms with Crippen molar-refractivity contribution in [2.45, 2.75) is 26.2 Å². The first-order chi connectivity index (χ1) is 9.15. The van der Waals surface area contributed by atoms with E-state index in [2.05, 4.69) is 5.10 Å². The summed E-state index contributed by atoms with van der Waals surface area (Å²) in [5.74, 6) is 0.0297. The summed E-state index contributed by atoms with van der Waals surface area (Å²) in [4.78, 5) is 23.9. The minimum absolute atomic E-state index is 0.0297. The Morgan fingerprint density at radius 2 is 1.84 bits per heavy atom. The van der Waals surface area contributed by atoms with E-state index in [0.717, 1.165) is 24.0 Å². The predicted octanol–water partition coefficient (Wildman–Crippen LogP) is 2.06. The van der Waals surface area contributed by atoms with E-state index in [-0.39, 0.29) is 11.3 Å². The van der Waals surface area contributed by atoms with Gasteiger partial charge < -0.3 is 0 Å². The van der Waals surface area contributed by atoms with Crippen LogP contribution in [0, 0.1) is 6.92 Å². The normalized spacial score (nSPS) is 14.3. The quantitative estimate of drug-likeness (QED) is 0.782. The zero-order valence-corrected chi connectivity index (χ0v) is 10.7. The van der Waals surface area contributed by atoms with Crippen LogP contribution in [0.25, 0.3) is 5.69 Å². The average molecular weight is 254 g/mol. The van der Waals surface area contributed by atoms with E-state index >= 15 is 0 Å². The molecule has 1 aliphatic rings. The number of Topliss-reactive ketones (excluding diaryl/α,β-unsaturated/α-hetero) is 1. The second kappa shape index (κ2) is 4.46. The molecule has 1 aromatic heterocycles. The van der Waals surface area contributed by atoms with Gasteiger partial charge in [0.25, 0.3) is 5.56 Å². The monoisotopic (exact) mass is 254 g/mol. The molecule has 2 aromatic rings. The summed E-state index contributed by atoms with van der Waals surface area (Å²) in [6.07, 6.45) is 2.09. The number of carbonyl (C=O) groups excluding carboxylic acids is 1. The Balaban J connectivity index is 2.17. The smallest absolute Gasteiger partial charge is 0.271 e. The van der Waals surface area contributed by atoms with Gasteiger partial charge in [0.05, 0.1) is 5.69 Å². The molecule has 0 atom stereocenters. The number of aryl methyl sites for hydroxylation is 2. The van der Waals surface area contributed by atoms with Gasteiger partial charge in [0.2, 0.25) is 0 Å². The fourth-order valence-electron chi connectivity index (χ4n) is 2.35. The van der Waals surface area contributed by atoms with Crippen LogP contribution >= 0.6 is 0 Å². The van der Waals surface area contributed by atoms with Gasteiger partial charge in [-0.25, -0.2) is 0 Å². The van der Waals surface area contributed by atoms with E-state index in [1.54, 1.807) is 6.07 Å². The average Bonchev–Trinajstić information content (AvgIpc) is 2.40. The summed E-state index contributed by atoms with van der Waals surface area (Å²) >= 11 is 0. The van der Waals surface area contributed by atoms with Gasteiger partial charge in [0, 0.05) is 12.5 Å². The number of hydrogen-bond acceptors (Lipinski definition) is 3. The van der Waals surface area contributed by atoms with Gasteiger partial charge >= 0.3 is 0 Å². The van der Waals surface area contributed by atoms with Crippen LogP contribution in [0.15, 0.2) is 35.1 Å². The molecule has 0 spiro atoms. The molecular weight excluding hydrogens is 240 g/mol. The Morgan fingerprint density at radius 1 is 1.11 bits per heavy atom. The number of benzene rings is 1. The summed E-state index contributed by atoms with van der Waals surface area (Å²) in [7, 11) is 0. The predicted molar refractivity (Wildman–Crippen MR) is 71.8 cm³/mol. The number of hydrogen-bond donors (Lipinski definition) is 0. The molecule has 4 heteroatoms. The van der Waals surface area contributed by atoms with Gasteiger partial charge in [-0.3, -0.25) is 9.59 Å². The highest BCUT2D eigenvalue weighted by Crippen LogP contribution is 2.18. The van der Waals surface area contributed by atoms with Gasteiger partial charge in [0.15, 0.2) is 5.78 Å². The molecule has 4 nitrogen and oxygen atoms in total. The maximum atomic E-state index is 12.1. The summed E-state index contributed by atoms with van der Waals surface area (Å²) in [5.41, 5.74) is 2.86. The van der Waals surface area contributed by atoms with Crippen molar-refractivity contribution >= 4 is 5.78 Å². The maximum absolute atomic E-state index is 12.1. The Hall–Kier alpha value is -2.23. The van der Waals surface area contributed by atoms with Crippen LogP contribution in [0.2, 0.25) is 0 Å². The van der Waals surface area contributed by atoms with Crippen LogP contribution in [-0.2, 0) is 6.42 Å². The number of aromatic nitrogens is 2. The van der Waals surface area contributed by atoms with Crippen molar-refractivity contribution in [1.29, 1.82) is 0 Å². The minimum Gasteiger partial charge on any atom is -0.292 e. The lowest BCUT2D eigenvalue weighted by Gasteiger charge is -2.15. The molecule has 0 bridgehead atoms. The molecule has 0 amide bonds. The fourth-order valence-corrected chi connectivity index (χ4v) is 2.35. The van der Waals surface area contributed by atoms with Crippen molar-refractivity contribution < 1.29 is 4.79 Å². The second-order valence-corrected chi connectivity index (χ2v) is 4.88. The van der Waals surface area contributed by atoms with E-state index in [4.69, 9.17) is 0 Å². The molecule has 1 aromatic carbocycles. The third-order valence-electron chi connectivity index (χ3n) is 3.40. The third-order valence-corrected chi connectivity index (χ3v) is 3.40. The van der Waals surface area contributed by atoms with Crippen LogP contribution in [0.3, 0.4) is 0 Å². The topological polar surface area (TPSA) is 52.0 Å². The molecule has 19 heavy (non-hydrogen) atoms. The van der Waals surface area contributed by atoms with Crippen molar-refractivity contribution in [1.82, 2.24) is 9.78 Å². The highest BCUT2D eigenvalue weighted by molar-refractivity contribution is 5.96. The molecular formula is C15H14N2O2. The first-order valence-corrected chi connectivity index (χ1v) is 6.38. The zero-order chi connectivity index (χ0) is 13.4. The number of fused-ring (bicyclic) bond motifs is 1. The molecule has 0 saturated heterocycles. The van der Waals surface area contributed by atoms with Crippen LogP contribution in [0.5, 0.6) is 0 Å². The molecule has 0 saturated carbocycles. The van der Waals surface area contributed by atoms with Gasteiger partial charge in [-0.2, -0.15) is 9.78 Å². The lowest BCUT2D eigenvalue weighted by atomic mass is 9.96. The van der Waals surface area contributed by atoms with E-state index in [1.165, 1.54) is 4.68 Å². The van der Waals surface area contributed by atoms with Crippen LogP contribution in [-0.4, -0.2) is 15.6 Å². The molecule has 0 fully saturated rings. The Kier molecular flexibility index (Phi) is 2.78. The first-order valence-electron chi connectivity index (χ1n) is 6.38. The zero-order valence-electron chi connectivity index (χ0n) is 10.7. The lowest BCUT2D eigenvalue weighted by Crippen LogP contribution is -2.27. The molecule has 1 heterocycles. The maximum Gasteiger partial charge on any atom is 0.271 e. The van der Waals surface area contributed by atoms with Gasteiger partial charge in [-0.05, 0) is 37.5 Å². The standard InChI is InChI=1S/C15H14N2O2/c1-10-5-7-12(8-6-10)17-14(19)9-11-3-2-4-13(18)15(11)16-17/h5-9H,2-4H2,1H3. The van der Waals surface area contributed by atoms with Crippen molar-refractivity contribution in [3.63, 3.8) is 0 Å². The van der Waals surface area contributed by atoms with Gasteiger partial charge in [-0.15, -0.1) is 0 Å². The first kappa shape index (κ1) is 11.8. The summed E-state index contributed by atoms with van der Waals surface area (Å²) in [6.45, 7) is 1.98. The van der Waals surface area contributed by atoms with Crippen molar-refractivity contribution in [3.8, 4) is 5.69 Å². The highest BCUT2D eigenvalue weighted by Gasteiger charge is 2.20. The van der Waals surface area contributed by atoms with Crippen molar-refractivity contribution in [3.05, 3.63) is 57.5 Å². The number of nitrogens with zero attached hydrogens (tertiary/aromatic N) is 2. The molecule has 0 radical (unpaired) electrons. The van der Waals surface area contributed by atoms with Gasteiger partial charge in [0.1, 0.15) is 5.69 Å². The summed E-state index contributed by atoms with van der Waals surface area (Å²) in [6, 6.07) is 9.06. The Morgan fingerprint density at radius 3 is 2.58 bits per heavy atom. The third kappa shape index (κ3) is 2.10. The van der Waals surface area contributed by atoms with Gasteiger partial charge in [-0.1, -0.05) is 17.7 Å². The molecule has 0 unspecified atom stereocenters. The van der Waals surface area contributed by atoms with Crippen molar-refractivity contribution in [2.24, 2.45) is 0 Å². The Labute approximate surface area is 110 Å². The van der Waals surface area contributed by atoms with E-state index < -0.39 is 0 Å². The summed E-state index contributed by atoms with van der Waals surface area (Å²) in [5, 5.41) is 4.25. The molecule has 0 N–H and O–H groups in total. The molecule has 96 valence electrons. The lowest BCUT2D eigenvalue weighted by molar-refractivity contribution is 0.0965.